The van der Waals surface area contributed by atoms with Crippen molar-refractivity contribution in [3.63, 3.8) is 0 Å². The Morgan fingerprint density at radius 2 is 2.16 bits per heavy atom. The van der Waals surface area contributed by atoms with Crippen LogP contribution in [0.1, 0.15) is 53.9 Å². The van der Waals surface area contributed by atoms with Gasteiger partial charge in [0.1, 0.15) is 16.1 Å². The van der Waals surface area contributed by atoms with Crippen LogP contribution in [-0.2, 0) is 20.9 Å². The minimum atomic E-state index is -1.21. The average molecular weight is 287 g/mol. The summed E-state index contributed by atoms with van der Waals surface area (Å²) in [4.78, 5) is 11.7. The van der Waals surface area contributed by atoms with E-state index >= 15 is 0 Å². The molecule has 0 N–H and O–H groups in total. The highest BCUT2D eigenvalue weighted by atomic mass is 32.2. The zero-order valence-electron chi connectivity index (χ0n) is 12.6. The zero-order chi connectivity index (χ0) is 14.6. The van der Waals surface area contributed by atoms with Gasteiger partial charge in [0, 0.05) is 0 Å². The first-order valence-corrected chi connectivity index (χ1v) is 8.02. The van der Waals surface area contributed by atoms with E-state index in [0.717, 1.165) is 25.0 Å². The van der Waals surface area contributed by atoms with Crippen molar-refractivity contribution >= 4 is 23.0 Å². The summed E-state index contributed by atoms with van der Waals surface area (Å²) in [5, 5.41) is 0. The quantitative estimate of drug-likeness (QED) is 0.592. The van der Waals surface area contributed by atoms with Crippen LogP contribution in [0.15, 0.2) is 4.40 Å². The predicted octanol–water partition coefficient (Wildman–Crippen LogP) is 2.89. The number of hydrogen-bond donors (Lipinski definition) is 0. The molecule has 110 valence electrons. The van der Waals surface area contributed by atoms with Gasteiger partial charge in [0.2, 0.25) is 0 Å². The van der Waals surface area contributed by atoms with Crippen molar-refractivity contribution in [3.05, 3.63) is 0 Å². The standard InChI is InChI=1S/C14H25NO3S/c1-6-18-13(16)11-7-8-12(10(2)9-11)15-19(17)14(3,4)5/h10-11H,6-9H2,1-5H3/t10-,11-,19?/m0/s1. The van der Waals surface area contributed by atoms with E-state index in [0.29, 0.717) is 6.61 Å². The van der Waals surface area contributed by atoms with Crippen molar-refractivity contribution in [1.82, 2.24) is 0 Å². The molecule has 0 heterocycles. The lowest BCUT2D eigenvalue weighted by atomic mass is 9.81. The van der Waals surface area contributed by atoms with Gasteiger partial charge >= 0.3 is 5.97 Å². The SMILES string of the molecule is CCOC(=O)[C@H]1CCC(=N[S+]([O-])C(C)(C)C)[C@@H](C)C1. The Labute approximate surface area is 119 Å². The molecule has 1 aliphatic carbocycles. The van der Waals surface area contributed by atoms with Crippen molar-refractivity contribution < 1.29 is 14.1 Å². The predicted molar refractivity (Wildman–Crippen MR) is 78.5 cm³/mol. The Morgan fingerprint density at radius 3 is 2.63 bits per heavy atom. The maximum atomic E-state index is 12.0. The molecule has 0 aromatic rings. The number of esters is 1. The minimum Gasteiger partial charge on any atom is -0.591 e. The Morgan fingerprint density at radius 1 is 1.53 bits per heavy atom. The van der Waals surface area contributed by atoms with E-state index in [1.165, 1.54) is 0 Å². The number of carbonyl (C=O) groups is 1. The highest BCUT2D eigenvalue weighted by Gasteiger charge is 2.33. The van der Waals surface area contributed by atoms with Crippen LogP contribution >= 0.6 is 0 Å². The molecule has 19 heavy (non-hydrogen) atoms. The van der Waals surface area contributed by atoms with Crippen molar-refractivity contribution in [2.45, 2.75) is 58.6 Å². The normalized spacial score (nSPS) is 28.2. The van der Waals surface area contributed by atoms with Crippen LogP contribution in [0.5, 0.6) is 0 Å². The van der Waals surface area contributed by atoms with Crippen LogP contribution in [0.4, 0.5) is 0 Å². The molecule has 1 saturated carbocycles. The molecule has 5 heteroatoms. The molecule has 0 amide bonds. The largest absolute Gasteiger partial charge is 0.591 e. The Bertz CT molecular complexity index is 349. The molecule has 0 spiro atoms. The van der Waals surface area contributed by atoms with Crippen molar-refractivity contribution in [3.8, 4) is 0 Å². The first kappa shape index (κ1) is 16.5. The molecule has 1 unspecified atom stereocenters. The summed E-state index contributed by atoms with van der Waals surface area (Å²) >= 11 is -1.21. The molecule has 0 aromatic carbocycles. The summed E-state index contributed by atoms with van der Waals surface area (Å²) in [6, 6.07) is 0. The van der Waals surface area contributed by atoms with Gasteiger partial charge in [-0.05, 0) is 52.9 Å². The third-order valence-electron chi connectivity index (χ3n) is 3.30. The third-order valence-corrected chi connectivity index (χ3v) is 4.75. The van der Waals surface area contributed by atoms with Gasteiger partial charge in [-0.1, -0.05) is 11.3 Å². The smallest absolute Gasteiger partial charge is 0.308 e. The number of nitrogens with zero attached hydrogens (tertiary/aromatic N) is 1. The van der Waals surface area contributed by atoms with Crippen LogP contribution in [0, 0.1) is 11.8 Å². The Kier molecular flexibility index (Phi) is 5.86. The highest BCUT2D eigenvalue weighted by Crippen LogP contribution is 2.30. The molecule has 1 fully saturated rings. The van der Waals surface area contributed by atoms with E-state index in [-0.39, 0.29) is 22.6 Å². The topological polar surface area (TPSA) is 61.7 Å². The summed E-state index contributed by atoms with van der Waals surface area (Å²) in [6.07, 6.45) is 2.24. The molecule has 1 aliphatic rings. The first-order chi connectivity index (χ1) is 8.75. The van der Waals surface area contributed by atoms with Crippen LogP contribution < -0.4 is 0 Å². The van der Waals surface area contributed by atoms with E-state index in [1.807, 2.05) is 34.6 Å². The first-order valence-electron chi connectivity index (χ1n) is 6.91. The van der Waals surface area contributed by atoms with E-state index in [2.05, 4.69) is 4.40 Å². The maximum Gasteiger partial charge on any atom is 0.308 e. The molecular formula is C14H25NO3S. The summed E-state index contributed by atoms with van der Waals surface area (Å²) in [7, 11) is 0. The molecule has 3 atom stereocenters. The number of carbonyl (C=O) groups excluding carboxylic acids is 1. The second-order valence-corrected chi connectivity index (χ2v) is 7.97. The van der Waals surface area contributed by atoms with E-state index in [9.17, 15) is 9.35 Å². The van der Waals surface area contributed by atoms with Crippen LogP contribution in [0.25, 0.3) is 0 Å². The van der Waals surface area contributed by atoms with Gasteiger partial charge in [-0.2, -0.15) is 0 Å². The van der Waals surface area contributed by atoms with Crippen molar-refractivity contribution in [2.75, 3.05) is 6.61 Å². The van der Waals surface area contributed by atoms with Gasteiger partial charge in [0.25, 0.3) is 0 Å². The minimum absolute atomic E-state index is 0.0306. The fourth-order valence-corrected chi connectivity index (χ4v) is 2.86. The third kappa shape index (κ3) is 4.80. The van der Waals surface area contributed by atoms with Crippen molar-refractivity contribution in [2.24, 2.45) is 16.2 Å². The number of rotatable bonds is 3. The Hall–Kier alpha value is -0.550. The fourth-order valence-electron chi connectivity index (χ4n) is 2.10. The van der Waals surface area contributed by atoms with Crippen LogP contribution in [0.3, 0.4) is 0 Å². The summed E-state index contributed by atoms with van der Waals surface area (Å²) < 4.78 is 21.1. The van der Waals surface area contributed by atoms with Gasteiger partial charge in [0.15, 0.2) is 0 Å². The average Bonchev–Trinajstić information content (AvgIpc) is 2.30. The molecule has 0 saturated heterocycles. The van der Waals surface area contributed by atoms with E-state index < -0.39 is 11.4 Å². The molecule has 1 rings (SSSR count). The lowest BCUT2D eigenvalue weighted by Gasteiger charge is -2.27. The van der Waals surface area contributed by atoms with Gasteiger partial charge in [-0.3, -0.25) is 4.79 Å². The lowest BCUT2D eigenvalue weighted by Crippen LogP contribution is -2.32. The highest BCUT2D eigenvalue weighted by molar-refractivity contribution is 7.91. The van der Waals surface area contributed by atoms with Gasteiger partial charge in [-0.15, -0.1) is 0 Å². The molecular weight excluding hydrogens is 262 g/mol. The second kappa shape index (κ2) is 6.75. The van der Waals surface area contributed by atoms with Crippen LogP contribution in [-0.4, -0.2) is 27.6 Å². The van der Waals surface area contributed by atoms with Gasteiger partial charge < -0.3 is 9.29 Å². The number of ether oxygens (including phenoxy) is 1. The summed E-state index contributed by atoms with van der Waals surface area (Å²) in [5.41, 5.74) is 0.980. The second-order valence-electron chi connectivity index (χ2n) is 6.07. The molecule has 0 aliphatic heterocycles. The van der Waals surface area contributed by atoms with Crippen LogP contribution in [0.2, 0.25) is 0 Å². The monoisotopic (exact) mass is 287 g/mol. The lowest BCUT2D eigenvalue weighted by molar-refractivity contribution is -0.148. The molecule has 0 bridgehead atoms. The van der Waals surface area contributed by atoms with E-state index in [1.54, 1.807) is 0 Å². The summed E-state index contributed by atoms with van der Waals surface area (Å²) in [5.74, 6) is 0.0665. The number of hydrogen-bond acceptors (Lipinski definition) is 4. The zero-order valence-corrected chi connectivity index (χ0v) is 13.4. The Balaban J connectivity index is 2.64. The molecule has 0 aromatic heterocycles. The van der Waals surface area contributed by atoms with Gasteiger partial charge in [-0.25, -0.2) is 0 Å². The van der Waals surface area contributed by atoms with Gasteiger partial charge in [0.05, 0.1) is 18.2 Å². The fraction of sp³-hybridized carbons (Fsp3) is 0.857. The molecule has 4 nitrogen and oxygen atoms in total. The summed E-state index contributed by atoms with van der Waals surface area (Å²) in [6.45, 7) is 10.1. The van der Waals surface area contributed by atoms with Crippen molar-refractivity contribution in [1.29, 1.82) is 0 Å². The maximum absolute atomic E-state index is 12.0. The van der Waals surface area contributed by atoms with E-state index in [4.69, 9.17) is 4.74 Å². The molecule has 0 radical (unpaired) electrons.